The van der Waals surface area contributed by atoms with Gasteiger partial charge in [-0.05, 0) is 55.5 Å². The Kier molecular flexibility index (Phi) is 4.45. The summed E-state index contributed by atoms with van der Waals surface area (Å²) in [6.07, 6.45) is 0. The van der Waals surface area contributed by atoms with Gasteiger partial charge in [0.1, 0.15) is 22.1 Å². The Morgan fingerprint density at radius 1 is 0.562 bits per heavy atom. The summed E-state index contributed by atoms with van der Waals surface area (Å²) >= 11 is 0. The molecule has 0 saturated heterocycles. The van der Waals surface area contributed by atoms with Gasteiger partial charge in [0.25, 0.3) is 0 Å². The van der Waals surface area contributed by atoms with Crippen LogP contribution in [0.25, 0.3) is 33.2 Å². The van der Waals surface area contributed by atoms with Crippen molar-refractivity contribution >= 4 is 22.1 Å². The van der Waals surface area contributed by atoms with Crippen molar-refractivity contribution in [3.8, 4) is 11.1 Å². The molecule has 5 aromatic rings. The summed E-state index contributed by atoms with van der Waals surface area (Å²) in [6.45, 7) is 13.5. The molecule has 0 amide bonds. The van der Waals surface area contributed by atoms with Crippen molar-refractivity contribution in [2.45, 2.75) is 52.4 Å². The van der Waals surface area contributed by atoms with Gasteiger partial charge in [-0.25, -0.2) is 0 Å². The number of aromatic nitrogens is 6. The van der Waals surface area contributed by atoms with Crippen LogP contribution in [0.1, 0.15) is 52.7 Å². The molecule has 0 aliphatic heterocycles. The molecule has 0 aliphatic rings. The zero-order chi connectivity index (χ0) is 22.7. The summed E-state index contributed by atoms with van der Waals surface area (Å²) in [5.41, 5.74) is 8.17. The molecule has 0 fully saturated rings. The Hall–Kier alpha value is -3.54. The first-order valence-corrected chi connectivity index (χ1v) is 10.9. The van der Waals surface area contributed by atoms with Crippen molar-refractivity contribution < 1.29 is 0 Å². The van der Waals surface area contributed by atoms with E-state index in [9.17, 15) is 0 Å². The normalized spacial score (nSPS) is 12.7. The molecular formula is C26H28N6. The molecule has 162 valence electrons. The third-order valence-electron chi connectivity index (χ3n) is 5.81. The van der Waals surface area contributed by atoms with E-state index in [0.29, 0.717) is 0 Å². The predicted octanol–water partition coefficient (Wildman–Crippen LogP) is 5.75. The van der Waals surface area contributed by atoms with E-state index in [1.54, 1.807) is 0 Å². The lowest BCUT2D eigenvalue weighted by molar-refractivity contribution is 0.399. The van der Waals surface area contributed by atoms with E-state index >= 15 is 0 Å². The summed E-state index contributed by atoms with van der Waals surface area (Å²) in [4.78, 5) is 2.91. The molecule has 0 unspecified atom stereocenters. The lowest BCUT2D eigenvalue weighted by Gasteiger charge is -2.26. The van der Waals surface area contributed by atoms with Crippen molar-refractivity contribution in [1.82, 2.24) is 30.2 Å². The lowest BCUT2D eigenvalue weighted by Crippen LogP contribution is -2.16. The van der Waals surface area contributed by atoms with Gasteiger partial charge in [-0.15, -0.1) is 20.4 Å². The van der Waals surface area contributed by atoms with Crippen LogP contribution in [0.4, 0.5) is 0 Å². The molecule has 3 aromatic carbocycles. The first-order chi connectivity index (χ1) is 15.1. The van der Waals surface area contributed by atoms with E-state index in [4.69, 9.17) is 5.10 Å². The third-order valence-corrected chi connectivity index (χ3v) is 5.81. The molecule has 0 bridgehead atoms. The molecule has 6 nitrogen and oxygen atoms in total. The van der Waals surface area contributed by atoms with Crippen LogP contribution >= 0.6 is 0 Å². The smallest absolute Gasteiger partial charge is 0.123 e. The Morgan fingerprint density at radius 3 is 1.62 bits per heavy atom. The molecule has 0 atom stereocenters. The predicted molar refractivity (Wildman–Crippen MR) is 129 cm³/mol. The molecule has 0 saturated carbocycles. The van der Waals surface area contributed by atoms with Gasteiger partial charge in [-0.2, -0.15) is 0 Å². The molecule has 6 heteroatoms. The van der Waals surface area contributed by atoms with Crippen molar-refractivity contribution in [3.05, 3.63) is 71.8 Å². The quantitative estimate of drug-likeness (QED) is 0.362. The first-order valence-electron chi connectivity index (χ1n) is 10.9. The van der Waals surface area contributed by atoms with E-state index in [2.05, 4.69) is 81.1 Å². The van der Waals surface area contributed by atoms with Gasteiger partial charge < -0.3 is 0 Å². The van der Waals surface area contributed by atoms with E-state index in [1.807, 2.05) is 36.4 Å². The minimum atomic E-state index is 0.0423. The maximum atomic E-state index is 4.78. The molecule has 5 rings (SSSR count). The van der Waals surface area contributed by atoms with Crippen LogP contribution in [0.3, 0.4) is 0 Å². The highest BCUT2D eigenvalue weighted by Gasteiger charge is 2.22. The Bertz CT molecular complexity index is 1380. The summed E-state index contributed by atoms with van der Waals surface area (Å²) in [5.74, 6) is 0. The van der Waals surface area contributed by atoms with E-state index in [-0.39, 0.29) is 10.8 Å². The van der Waals surface area contributed by atoms with Crippen LogP contribution in [0.15, 0.2) is 60.7 Å². The maximum Gasteiger partial charge on any atom is 0.123 e. The van der Waals surface area contributed by atoms with Gasteiger partial charge in [-0.3, -0.25) is 0 Å². The second-order valence-electron chi connectivity index (χ2n) is 10.4. The maximum absolute atomic E-state index is 4.78. The third kappa shape index (κ3) is 3.55. The molecule has 0 N–H and O–H groups in total. The fourth-order valence-corrected chi connectivity index (χ4v) is 3.82. The van der Waals surface area contributed by atoms with Crippen molar-refractivity contribution in [2.75, 3.05) is 0 Å². The number of rotatable bonds is 2. The van der Waals surface area contributed by atoms with Crippen LogP contribution < -0.4 is 0 Å². The summed E-state index contributed by atoms with van der Waals surface area (Å²) < 4.78 is 0. The van der Waals surface area contributed by atoms with Crippen LogP contribution in [-0.4, -0.2) is 30.2 Å². The highest BCUT2D eigenvalue weighted by Crippen LogP contribution is 2.35. The van der Waals surface area contributed by atoms with Gasteiger partial charge >= 0.3 is 0 Å². The number of hydrogen-bond donors (Lipinski definition) is 0. The molecule has 0 radical (unpaired) electrons. The van der Waals surface area contributed by atoms with Gasteiger partial charge in [0, 0.05) is 5.56 Å². The molecule has 2 aromatic heterocycles. The Labute approximate surface area is 187 Å². The molecule has 0 spiro atoms. The van der Waals surface area contributed by atoms with E-state index in [0.717, 1.165) is 33.2 Å². The van der Waals surface area contributed by atoms with Crippen LogP contribution in [0.2, 0.25) is 0 Å². The Morgan fingerprint density at radius 2 is 1.06 bits per heavy atom. The van der Waals surface area contributed by atoms with Gasteiger partial charge in [0.2, 0.25) is 0 Å². The Balaban J connectivity index is 1.70. The lowest BCUT2D eigenvalue weighted by atomic mass is 9.79. The molecular weight excluding hydrogens is 396 g/mol. The van der Waals surface area contributed by atoms with E-state index < -0.39 is 0 Å². The number of benzene rings is 3. The summed E-state index contributed by atoms with van der Waals surface area (Å²) in [5, 5.41) is 18.5. The average molecular weight is 425 g/mol. The minimum absolute atomic E-state index is 0.0423. The zero-order valence-electron chi connectivity index (χ0n) is 19.5. The van der Waals surface area contributed by atoms with Crippen molar-refractivity contribution in [2.24, 2.45) is 0 Å². The standard InChI is InChI=1S/C26H28N6/c1-25(2,3)18-14-17(15-19(16-18)26(4,5)6)20-10-9-13-23-24(20)30-32(29-23)31-27-21-11-7-8-12-22(21)28-31/h7-16H,1-6H3. The molecule has 2 heterocycles. The van der Waals surface area contributed by atoms with E-state index in [1.165, 1.54) is 20.9 Å². The molecule has 0 aliphatic carbocycles. The van der Waals surface area contributed by atoms with Gasteiger partial charge in [0.05, 0.1) is 0 Å². The second kappa shape index (κ2) is 6.99. The van der Waals surface area contributed by atoms with Crippen LogP contribution in [-0.2, 0) is 10.8 Å². The highest BCUT2D eigenvalue weighted by atomic mass is 15.8. The number of hydrogen-bond acceptors (Lipinski definition) is 4. The number of fused-ring (bicyclic) bond motifs is 2. The van der Waals surface area contributed by atoms with Crippen molar-refractivity contribution in [3.63, 3.8) is 0 Å². The fourth-order valence-electron chi connectivity index (χ4n) is 3.82. The number of nitrogens with zero attached hydrogens (tertiary/aromatic N) is 6. The largest absolute Gasteiger partial charge is 0.128 e. The zero-order valence-corrected chi connectivity index (χ0v) is 19.5. The fraction of sp³-hybridized carbons (Fsp3) is 0.308. The topological polar surface area (TPSA) is 61.4 Å². The van der Waals surface area contributed by atoms with Crippen LogP contribution in [0.5, 0.6) is 0 Å². The average Bonchev–Trinajstić information content (AvgIpc) is 3.36. The second-order valence-corrected chi connectivity index (χ2v) is 10.4. The SMILES string of the molecule is CC(C)(C)c1cc(-c2cccc3nn(-n4nc5ccccc5n4)nc23)cc(C(C)(C)C)c1. The summed E-state index contributed by atoms with van der Waals surface area (Å²) in [7, 11) is 0. The monoisotopic (exact) mass is 424 g/mol. The van der Waals surface area contributed by atoms with Gasteiger partial charge in [0.15, 0.2) is 0 Å². The van der Waals surface area contributed by atoms with Gasteiger partial charge in [-0.1, -0.05) is 84.0 Å². The van der Waals surface area contributed by atoms with Crippen molar-refractivity contribution in [1.29, 1.82) is 0 Å². The van der Waals surface area contributed by atoms with Crippen LogP contribution in [0, 0.1) is 0 Å². The molecule has 32 heavy (non-hydrogen) atoms. The summed E-state index contributed by atoms with van der Waals surface area (Å²) in [6, 6.07) is 20.8. The first kappa shape index (κ1) is 20.4. The highest BCUT2D eigenvalue weighted by molar-refractivity contribution is 5.91. The minimum Gasteiger partial charge on any atom is -0.128 e.